The fourth-order valence-corrected chi connectivity index (χ4v) is 2.53. The van der Waals surface area contributed by atoms with E-state index in [0.717, 1.165) is 11.4 Å². The number of aryl methyl sites for hydroxylation is 1. The zero-order valence-electron chi connectivity index (χ0n) is 13.3. The van der Waals surface area contributed by atoms with Crippen molar-refractivity contribution in [2.75, 3.05) is 19.0 Å². The molecule has 0 bridgehead atoms. The first-order valence-corrected chi connectivity index (χ1v) is 7.95. The van der Waals surface area contributed by atoms with Gasteiger partial charge in [-0.3, -0.25) is 10.2 Å². The van der Waals surface area contributed by atoms with Gasteiger partial charge in [-0.05, 0) is 19.1 Å². The van der Waals surface area contributed by atoms with Crippen LogP contribution in [0.3, 0.4) is 0 Å². The number of nitriles is 1. The second-order valence-corrected chi connectivity index (χ2v) is 5.60. The number of rotatable bonds is 7. The Balaban J connectivity index is 1.82. The van der Waals surface area contributed by atoms with E-state index in [0.29, 0.717) is 16.3 Å². The van der Waals surface area contributed by atoms with Crippen molar-refractivity contribution < 1.29 is 9.53 Å². The van der Waals surface area contributed by atoms with E-state index in [1.54, 1.807) is 13.2 Å². The molecule has 0 fully saturated rings. The molecule has 0 spiro atoms. The Hall–Kier alpha value is -3.05. The van der Waals surface area contributed by atoms with Crippen molar-refractivity contribution in [3.8, 4) is 11.8 Å². The number of allylic oxidation sites excluding steroid dienone is 1. The molecule has 0 unspecified atom stereocenters. The number of hydrogen-bond donors (Lipinski definition) is 3. The Morgan fingerprint density at radius 3 is 3.00 bits per heavy atom. The fraction of sp³-hybridized carbons (Fsp3) is 0.188. The lowest BCUT2D eigenvalue weighted by Crippen LogP contribution is -2.37. The number of hydrazine groups is 1. The van der Waals surface area contributed by atoms with E-state index in [9.17, 15) is 4.79 Å². The summed E-state index contributed by atoms with van der Waals surface area (Å²) in [5.41, 5.74) is 7.09. The Labute approximate surface area is 144 Å². The summed E-state index contributed by atoms with van der Waals surface area (Å²) in [7, 11) is 1.58. The quantitative estimate of drug-likeness (QED) is 0.526. The molecule has 7 nitrogen and oxygen atoms in total. The van der Waals surface area contributed by atoms with E-state index in [4.69, 9.17) is 10.00 Å². The van der Waals surface area contributed by atoms with Crippen molar-refractivity contribution in [3.63, 3.8) is 0 Å². The molecule has 1 aromatic heterocycles. The molecule has 0 aliphatic heterocycles. The molecular weight excluding hydrogens is 326 g/mol. The molecule has 0 saturated carbocycles. The van der Waals surface area contributed by atoms with Crippen molar-refractivity contribution in [2.45, 2.75) is 6.92 Å². The predicted molar refractivity (Wildman–Crippen MR) is 93.2 cm³/mol. The van der Waals surface area contributed by atoms with Gasteiger partial charge in [0.05, 0.1) is 13.7 Å². The van der Waals surface area contributed by atoms with Crippen LogP contribution in [0.15, 0.2) is 35.8 Å². The highest BCUT2D eigenvalue weighted by atomic mass is 32.1. The number of benzene rings is 1. The summed E-state index contributed by atoms with van der Waals surface area (Å²) in [6.07, 6.45) is 1.42. The van der Waals surface area contributed by atoms with Crippen LogP contribution >= 0.6 is 11.3 Å². The third-order valence-corrected chi connectivity index (χ3v) is 3.91. The molecule has 0 aliphatic carbocycles. The van der Waals surface area contributed by atoms with Crippen molar-refractivity contribution in [1.82, 2.24) is 15.8 Å². The van der Waals surface area contributed by atoms with Gasteiger partial charge >= 0.3 is 0 Å². The number of methoxy groups -OCH3 is 1. The van der Waals surface area contributed by atoms with Crippen LogP contribution < -0.4 is 20.9 Å². The molecular formula is C16H17N5O2S. The second-order valence-electron chi connectivity index (χ2n) is 4.74. The Kier molecular flexibility index (Phi) is 6.16. The number of amides is 1. The van der Waals surface area contributed by atoms with E-state index >= 15 is 0 Å². The average molecular weight is 343 g/mol. The lowest BCUT2D eigenvalue weighted by Gasteiger charge is -2.08. The molecule has 1 heterocycles. The highest BCUT2D eigenvalue weighted by molar-refractivity contribution is 7.10. The normalized spacial score (nSPS) is 10.6. The summed E-state index contributed by atoms with van der Waals surface area (Å²) in [5.74, 6) is 0.431. The molecule has 0 radical (unpaired) electrons. The minimum Gasteiger partial charge on any atom is -0.497 e. The van der Waals surface area contributed by atoms with Crippen LogP contribution in [0.4, 0.5) is 5.69 Å². The molecule has 24 heavy (non-hydrogen) atoms. The van der Waals surface area contributed by atoms with Gasteiger partial charge in [0.2, 0.25) is 0 Å². The van der Waals surface area contributed by atoms with Crippen LogP contribution in [0.25, 0.3) is 5.57 Å². The maximum Gasteiger partial charge on any atom is 0.257 e. The Bertz CT molecular complexity index is 779. The van der Waals surface area contributed by atoms with Gasteiger partial charge < -0.3 is 15.5 Å². The number of anilines is 1. The first-order valence-electron chi connectivity index (χ1n) is 7.07. The number of carbonyl (C=O) groups is 1. The molecule has 0 saturated heterocycles. The first-order chi connectivity index (χ1) is 11.6. The maximum absolute atomic E-state index is 11.8. The van der Waals surface area contributed by atoms with E-state index in [1.165, 1.54) is 17.5 Å². The fourth-order valence-electron chi connectivity index (χ4n) is 1.77. The van der Waals surface area contributed by atoms with Crippen LogP contribution in [0.1, 0.15) is 10.7 Å². The summed E-state index contributed by atoms with van der Waals surface area (Å²) in [6.45, 7) is 1.93. The van der Waals surface area contributed by atoms with Crippen LogP contribution in [0, 0.1) is 18.3 Å². The summed E-state index contributed by atoms with van der Waals surface area (Å²) < 4.78 is 5.11. The number of aromatic nitrogens is 1. The van der Waals surface area contributed by atoms with Crippen LogP contribution in [0.5, 0.6) is 5.75 Å². The van der Waals surface area contributed by atoms with E-state index in [2.05, 4.69) is 21.2 Å². The van der Waals surface area contributed by atoms with E-state index in [-0.39, 0.29) is 12.5 Å². The molecule has 3 N–H and O–H groups in total. The average Bonchev–Trinajstić information content (AvgIpc) is 3.03. The summed E-state index contributed by atoms with van der Waals surface area (Å²) in [5, 5.41) is 14.6. The van der Waals surface area contributed by atoms with Crippen LogP contribution in [-0.4, -0.2) is 24.5 Å². The third kappa shape index (κ3) is 5.00. The van der Waals surface area contributed by atoms with Gasteiger partial charge in [0.25, 0.3) is 5.91 Å². The topological polar surface area (TPSA) is 99.1 Å². The van der Waals surface area contributed by atoms with Gasteiger partial charge in [-0.2, -0.15) is 5.26 Å². The van der Waals surface area contributed by atoms with Gasteiger partial charge in [-0.15, -0.1) is 11.3 Å². The van der Waals surface area contributed by atoms with Crippen molar-refractivity contribution in [3.05, 3.63) is 46.5 Å². The molecule has 0 atom stereocenters. The highest BCUT2D eigenvalue weighted by Crippen LogP contribution is 2.17. The smallest absolute Gasteiger partial charge is 0.257 e. The molecule has 2 rings (SSSR count). The number of ether oxygens (including phenoxy) is 1. The molecule has 1 amide bonds. The number of carbonyl (C=O) groups excluding carboxylic acids is 1. The van der Waals surface area contributed by atoms with Gasteiger partial charge in [0.15, 0.2) is 0 Å². The third-order valence-electron chi connectivity index (χ3n) is 2.92. The maximum atomic E-state index is 11.8. The lowest BCUT2D eigenvalue weighted by molar-refractivity contribution is -0.120. The molecule has 1 aromatic carbocycles. The van der Waals surface area contributed by atoms with Crippen molar-refractivity contribution >= 4 is 28.5 Å². The number of nitrogens with one attached hydrogen (secondary N) is 3. The SMILES string of the molecule is COc1cccc(NCC(=O)NN/C=C(\C#N)c2nc(C)cs2)c1. The van der Waals surface area contributed by atoms with Crippen molar-refractivity contribution in [2.24, 2.45) is 0 Å². The summed E-state index contributed by atoms with van der Waals surface area (Å²) in [6, 6.07) is 9.32. The highest BCUT2D eigenvalue weighted by Gasteiger charge is 2.05. The zero-order valence-corrected chi connectivity index (χ0v) is 14.1. The molecule has 2 aromatic rings. The molecule has 8 heteroatoms. The second kappa shape index (κ2) is 8.55. The minimum absolute atomic E-state index is 0.0756. The minimum atomic E-state index is -0.276. The standard InChI is InChI=1S/C16H17N5O2S/c1-11-10-24-16(20-11)12(7-17)8-19-21-15(22)9-18-13-4-3-5-14(6-13)23-2/h3-6,8,10,18-19H,9H2,1-2H3,(H,21,22)/b12-8+. The predicted octanol–water partition coefficient (Wildman–Crippen LogP) is 2.06. The first kappa shape index (κ1) is 17.3. The Morgan fingerprint density at radius 2 is 2.33 bits per heavy atom. The molecule has 124 valence electrons. The molecule has 0 aliphatic rings. The number of hydrogen-bond acceptors (Lipinski definition) is 7. The van der Waals surface area contributed by atoms with Gasteiger partial charge in [0, 0.05) is 29.0 Å². The lowest BCUT2D eigenvalue weighted by atomic mass is 10.3. The largest absolute Gasteiger partial charge is 0.497 e. The zero-order chi connectivity index (χ0) is 17.4. The van der Waals surface area contributed by atoms with Crippen molar-refractivity contribution in [1.29, 1.82) is 5.26 Å². The number of nitrogens with zero attached hydrogens (tertiary/aromatic N) is 2. The Morgan fingerprint density at radius 1 is 1.50 bits per heavy atom. The van der Waals surface area contributed by atoms with Gasteiger partial charge in [-0.1, -0.05) is 6.07 Å². The summed E-state index contributed by atoms with van der Waals surface area (Å²) >= 11 is 1.37. The van der Waals surface area contributed by atoms with E-state index < -0.39 is 0 Å². The number of thiazole rings is 1. The van der Waals surface area contributed by atoms with Crippen LogP contribution in [-0.2, 0) is 4.79 Å². The van der Waals surface area contributed by atoms with Gasteiger partial charge in [-0.25, -0.2) is 4.98 Å². The summed E-state index contributed by atoms with van der Waals surface area (Å²) in [4.78, 5) is 16.0. The monoisotopic (exact) mass is 343 g/mol. The van der Waals surface area contributed by atoms with Crippen LogP contribution in [0.2, 0.25) is 0 Å². The van der Waals surface area contributed by atoms with E-state index in [1.807, 2.05) is 36.6 Å². The van der Waals surface area contributed by atoms with Gasteiger partial charge in [0.1, 0.15) is 22.4 Å².